The van der Waals surface area contributed by atoms with E-state index in [1.807, 2.05) is 12.3 Å². The molecular formula is C8H11NS. The lowest BCUT2D eigenvalue weighted by Crippen LogP contribution is -1.83. The van der Waals surface area contributed by atoms with Crippen LogP contribution >= 0.6 is 11.8 Å². The highest BCUT2D eigenvalue weighted by atomic mass is 32.2. The van der Waals surface area contributed by atoms with E-state index in [4.69, 9.17) is 0 Å². The van der Waals surface area contributed by atoms with Crippen molar-refractivity contribution >= 4 is 11.8 Å². The van der Waals surface area contributed by atoms with E-state index in [0.29, 0.717) is 0 Å². The molecule has 10 heavy (non-hydrogen) atoms. The van der Waals surface area contributed by atoms with Crippen molar-refractivity contribution in [2.75, 3.05) is 5.75 Å². The Bertz CT molecular complexity index is 210. The Labute approximate surface area is 65.9 Å². The summed E-state index contributed by atoms with van der Waals surface area (Å²) in [5.74, 6) is 1.10. The van der Waals surface area contributed by atoms with Crippen molar-refractivity contribution < 1.29 is 0 Å². The van der Waals surface area contributed by atoms with Gasteiger partial charge in [0.05, 0.1) is 5.03 Å². The van der Waals surface area contributed by atoms with Gasteiger partial charge in [0.15, 0.2) is 0 Å². The van der Waals surface area contributed by atoms with Gasteiger partial charge in [-0.2, -0.15) is 0 Å². The summed E-state index contributed by atoms with van der Waals surface area (Å²) in [6, 6.07) is 4.06. The summed E-state index contributed by atoms with van der Waals surface area (Å²) >= 11 is 1.79. The first-order chi connectivity index (χ1) is 4.84. The van der Waals surface area contributed by atoms with Gasteiger partial charge in [-0.1, -0.05) is 13.0 Å². The zero-order chi connectivity index (χ0) is 7.40. The van der Waals surface area contributed by atoms with Gasteiger partial charge in [0.2, 0.25) is 0 Å². The van der Waals surface area contributed by atoms with Crippen LogP contribution in [0.3, 0.4) is 0 Å². The van der Waals surface area contributed by atoms with E-state index in [-0.39, 0.29) is 0 Å². The summed E-state index contributed by atoms with van der Waals surface area (Å²) in [5, 5.41) is 1.16. The van der Waals surface area contributed by atoms with Gasteiger partial charge in [-0.25, -0.2) is 4.98 Å². The number of hydrogen-bond acceptors (Lipinski definition) is 2. The van der Waals surface area contributed by atoms with E-state index in [9.17, 15) is 0 Å². The molecule has 0 aromatic carbocycles. The first-order valence-electron chi connectivity index (χ1n) is 3.39. The van der Waals surface area contributed by atoms with Crippen LogP contribution in [0.4, 0.5) is 0 Å². The first kappa shape index (κ1) is 7.61. The molecule has 0 N–H and O–H groups in total. The number of aromatic nitrogens is 1. The minimum Gasteiger partial charge on any atom is -0.250 e. The summed E-state index contributed by atoms with van der Waals surface area (Å²) in [4.78, 5) is 4.23. The van der Waals surface area contributed by atoms with E-state index >= 15 is 0 Å². The molecule has 1 heterocycles. The SMILES string of the molecule is CCSc1ncccc1C. The van der Waals surface area contributed by atoms with Crippen LogP contribution in [0.15, 0.2) is 23.4 Å². The topological polar surface area (TPSA) is 12.9 Å². The number of aryl methyl sites for hydroxylation is 1. The van der Waals surface area contributed by atoms with E-state index in [2.05, 4.69) is 24.9 Å². The molecule has 0 saturated heterocycles. The lowest BCUT2D eigenvalue weighted by Gasteiger charge is -1.99. The predicted octanol–water partition coefficient (Wildman–Crippen LogP) is 2.50. The molecule has 0 bridgehead atoms. The highest BCUT2D eigenvalue weighted by Gasteiger charge is 1.94. The van der Waals surface area contributed by atoms with Crippen LogP contribution in [0.25, 0.3) is 0 Å². The molecule has 2 heteroatoms. The Hall–Kier alpha value is -0.500. The highest BCUT2D eigenvalue weighted by Crippen LogP contribution is 2.17. The number of nitrogens with zero attached hydrogens (tertiary/aromatic N) is 1. The third kappa shape index (κ3) is 1.74. The maximum absolute atomic E-state index is 4.23. The van der Waals surface area contributed by atoms with Crippen molar-refractivity contribution in [3.63, 3.8) is 0 Å². The summed E-state index contributed by atoms with van der Waals surface area (Å²) in [6.45, 7) is 4.23. The predicted molar refractivity (Wildman–Crippen MR) is 45.4 cm³/mol. The second-order valence-corrected chi connectivity index (χ2v) is 3.31. The van der Waals surface area contributed by atoms with Gasteiger partial charge >= 0.3 is 0 Å². The van der Waals surface area contributed by atoms with Crippen molar-refractivity contribution in [2.24, 2.45) is 0 Å². The van der Waals surface area contributed by atoms with Crippen LogP contribution in [0.1, 0.15) is 12.5 Å². The van der Waals surface area contributed by atoms with Crippen LogP contribution in [0, 0.1) is 6.92 Å². The number of rotatable bonds is 2. The van der Waals surface area contributed by atoms with Crippen LogP contribution < -0.4 is 0 Å². The minimum absolute atomic E-state index is 1.10. The fraction of sp³-hybridized carbons (Fsp3) is 0.375. The maximum Gasteiger partial charge on any atom is 0.0988 e. The smallest absolute Gasteiger partial charge is 0.0988 e. The van der Waals surface area contributed by atoms with Gasteiger partial charge in [-0.15, -0.1) is 11.8 Å². The molecule has 0 fully saturated rings. The number of hydrogen-bond donors (Lipinski definition) is 0. The summed E-state index contributed by atoms with van der Waals surface area (Å²) in [7, 11) is 0. The summed E-state index contributed by atoms with van der Waals surface area (Å²) < 4.78 is 0. The second-order valence-electron chi connectivity index (χ2n) is 2.06. The van der Waals surface area contributed by atoms with Crippen molar-refractivity contribution in [1.82, 2.24) is 4.98 Å². The molecule has 1 rings (SSSR count). The van der Waals surface area contributed by atoms with Crippen molar-refractivity contribution in [1.29, 1.82) is 0 Å². The average Bonchev–Trinajstić information content (AvgIpc) is 1.94. The van der Waals surface area contributed by atoms with Crippen LogP contribution in [0.2, 0.25) is 0 Å². The molecule has 0 aliphatic heterocycles. The molecule has 0 amide bonds. The van der Waals surface area contributed by atoms with Gasteiger partial charge in [-0.3, -0.25) is 0 Å². The number of thioether (sulfide) groups is 1. The third-order valence-corrected chi connectivity index (χ3v) is 2.23. The largest absolute Gasteiger partial charge is 0.250 e. The van der Waals surface area contributed by atoms with Gasteiger partial charge < -0.3 is 0 Å². The molecule has 1 aromatic heterocycles. The minimum atomic E-state index is 1.10. The monoisotopic (exact) mass is 153 g/mol. The number of pyridine rings is 1. The van der Waals surface area contributed by atoms with E-state index in [1.54, 1.807) is 11.8 Å². The summed E-state index contributed by atoms with van der Waals surface area (Å²) in [6.07, 6.45) is 1.84. The normalized spacial score (nSPS) is 9.80. The first-order valence-corrected chi connectivity index (χ1v) is 4.37. The summed E-state index contributed by atoms with van der Waals surface area (Å²) in [5.41, 5.74) is 1.27. The molecule has 1 aromatic rings. The lowest BCUT2D eigenvalue weighted by atomic mass is 10.3. The van der Waals surface area contributed by atoms with Gasteiger partial charge in [0.1, 0.15) is 0 Å². The second kappa shape index (κ2) is 3.62. The Morgan fingerprint density at radius 2 is 2.40 bits per heavy atom. The molecule has 54 valence electrons. The molecule has 0 spiro atoms. The third-order valence-electron chi connectivity index (χ3n) is 1.24. The van der Waals surface area contributed by atoms with Crippen LogP contribution in [0.5, 0.6) is 0 Å². The molecular weight excluding hydrogens is 142 g/mol. The quantitative estimate of drug-likeness (QED) is 0.605. The lowest BCUT2D eigenvalue weighted by molar-refractivity contribution is 1.08. The standard InChI is InChI=1S/C8H11NS/c1-3-10-8-7(2)5-4-6-9-8/h4-6H,3H2,1-2H3. The Morgan fingerprint density at radius 1 is 1.60 bits per heavy atom. The van der Waals surface area contributed by atoms with Gasteiger partial charge in [-0.05, 0) is 24.3 Å². The fourth-order valence-electron chi connectivity index (χ4n) is 0.759. The molecule has 0 aliphatic carbocycles. The molecule has 0 aliphatic rings. The zero-order valence-corrected chi connectivity index (χ0v) is 7.11. The maximum atomic E-state index is 4.23. The molecule has 0 saturated carbocycles. The van der Waals surface area contributed by atoms with Crippen molar-refractivity contribution in [2.45, 2.75) is 18.9 Å². The molecule has 0 atom stereocenters. The fourth-order valence-corrected chi connectivity index (χ4v) is 1.46. The highest BCUT2D eigenvalue weighted by molar-refractivity contribution is 7.99. The Morgan fingerprint density at radius 3 is 3.00 bits per heavy atom. The van der Waals surface area contributed by atoms with E-state index in [1.165, 1.54) is 5.56 Å². The average molecular weight is 153 g/mol. The Kier molecular flexibility index (Phi) is 2.75. The van der Waals surface area contributed by atoms with Crippen LogP contribution in [-0.4, -0.2) is 10.7 Å². The molecule has 1 nitrogen and oxygen atoms in total. The van der Waals surface area contributed by atoms with Crippen molar-refractivity contribution in [3.8, 4) is 0 Å². The van der Waals surface area contributed by atoms with E-state index in [0.717, 1.165) is 10.8 Å². The van der Waals surface area contributed by atoms with Gasteiger partial charge in [0, 0.05) is 6.20 Å². The van der Waals surface area contributed by atoms with E-state index < -0.39 is 0 Å². The van der Waals surface area contributed by atoms with Crippen molar-refractivity contribution in [3.05, 3.63) is 23.9 Å². The zero-order valence-electron chi connectivity index (χ0n) is 6.29. The Balaban J connectivity index is 2.81. The van der Waals surface area contributed by atoms with Gasteiger partial charge in [0.25, 0.3) is 0 Å². The molecule has 0 unspecified atom stereocenters. The van der Waals surface area contributed by atoms with Crippen LogP contribution in [-0.2, 0) is 0 Å². The molecule has 0 radical (unpaired) electrons.